The standard InChI is InChI=1S/C15H18N2O3/c1-18-10-15-13(9-20-17-15)7-16-14-3-2-11-4-5-19-8-12(11)6-14/h2-3,6,9,16H,4-5,7-8,10H2,1H3. The molecule has 5 nitrogen and oxygen atoms in total. The molecule has 0 aliphatic carbocycles. The van der Waals surface area contributed by atoms with Crippen molar-refractivity contribution in [2.75, 3.05) is 19.0 Å². The Morgan fingerprint density at radius 3 is 3.20 bits per heavy atom. The van der Waals surface area contributed by atoms with E-state index in [1.807, 2.05) is 0 Å². The first-order valence-corrected chi connectivity index (χ1v) is 6.71. The highest BCUT2D eigenvalue weighted by molar-refractivity contribution is 5.49. The lowest BCUT2D eigenvalue weighted by molar-refractivity contribution is 0.111. The van der Waals surface area contributed by atoms with Gasteiger partial charge in [-0.05, 0) is 29.7 Å². The molecule has 0 saturated heterocycles. The van der Waals surface area contributed by atoms with Gasteiger partial charge in [-0.1, -0.05) is 11.2 Å². The van der Waals surface area contributed by atoms with Crippen LogP contribution in [0.2, 0.25) is 0 Å². The van der Waals surface area contributed by atoms with E-state index in [9.17, 15) is 0 Å². The number of nitrogens with one attached hydrogen (secondary N) is 1. The van der Waals surface area contributed by atoms with Crippen LogP contribution in [-0.4, -0.2) is 18.9 Å². The van der Waals surface area contributed by atoms with Gasteiger partial charge in [-0.25, -0.2) is 0 Å². The molecule has 2 aromatic rings. The third kappa shape index (κ3) is 2.84. The van der Waals surface area contributed by atoms with Crippen LogP contribution in [-0.2, 0) is 35.7 Å². The lowest BCUT2D eigenvalue weighted by atomic mass is 10.0. The van der Waals surface area contributed by atoms with E-state index in [4.69, 9.17) is 14.0 Å². The van der Waals surface area contributed by atoms with Crippen LogP contribution in [0.25, 0.3) is 0 Å². The predicted octanol–water partition coefficient (Wildman–Crippen LogP) is 2.51. The van der Waals surface area contributed by atoms with Crippen molar-refractivity contribution < 1.29 is 14.0 Å². The smallest absolute Gasteiger partial charge is 0.129 e. The van der Waals surface area contributed by atoms with Crippen molar-refractivity contribution in [2.45, 2.75) is 26.2 Å². The SMILES string of the molecule is COCc1nocc1CNc1ccc2c(c1)COCC2. The number of aromatic nitrogens is 1. The Morgan fingerprint density at radius 2 is 2.30 bits per heavy atom. The first-order valence-electron chi connectivity index (χ1n) is 6.71. The molecule has 2 heterocycles. The second-order valence-electron chi connectivity index (χ2n) is 4.86. The first-order chi connectivity index (χ1) is 9.86. The van der Waals surface area contributed by atoms with Crippen LogP contribution in [0.15, 0.2) is 29.0 Å². The molecular formula is C15H18N2O3. The average Bonchev–Trinajstić information content (AvgIpc) is 2.93. The van der Waals surface area contributed by atoms with Crippen LogP contribution in [0.1, 0.15) is 22.4 Å². The largest absolute Gasteiger partial charge is 0.381 e. The molecule has 5 heteroatoms. The van der Waals surface area contributed by atoms with Crippen molar-refractivity contribution in [2.24, 2.45) is 0 Å². The van der Waals surface area contributed by atoms with Gasteiger partial charge in [0.1, 0.15) is 12.0 Å². The van der Waals surface area contributed by atoms with Crippen LogP contribution < -0.4 is 5.32 Å². The number of hydrogen-bond acceptors (Lipinski definition) is 5. The summed E-state index contributed by atoms with van der Waals surface area (Å²) < 4.78 is 15.6. The van der Waals surface area contributed by atoms with E-state index in [0.717, 1.165) is 30.0 Å². The minimum atomic E-state index is 0.464. The number of methoxy groups -OCH3 is 1. The Morgan fingerprint density at radius 1 is 1.35 bits per heavy atom. The molecule has 1 aromatic carbocycles. The summed E-state index contributed by atoms with van der Waals surface area (Å²) in [7, 11) is 1.65. The number of anilines is 1. The summed E-state index contributed by atoms with van der Waals surface area (Å²) in [5.41, 5.74) is 5.58. The molecule has 0 amide bonds. The number of nitrogens with zero attached hydrogens (tertiary/aromatic N) is 1. The van der Waals surface area contributed by atoms with Crippen molar-refractivity contribution >= 4 is 5.69 Å². The van der Waals surface area contributed by atoms with E-state index in [0.29, 0.717) is 19.8 Å². The fraction of sp³-hybridized carbons (Fsp3) is 0.400. The van der Waals surface area contributed by atoms with Crippen molar-refractivity contribution in [1.29, 1.82) is 0 Å². The van der Waals surface area contributed by atoms with Crippen LogP contribution in [0.4, 0.5) is 5.69 Å². The maximum atomic E-state index is 5.48. The van der Waals surface area contributed by atoms with Crippen molar-refractivity contribution in [1.82, 2.24) is 5.16 Å². The van der Waals surface area contributed by atoms with Gasteiger partial charge in [-0.2, -0.15) is 0 Å². The summed E-state index contributed by atoms with van der Waals surface area (Å²) in [6.45, 7) is 2.65. The Kier molecular flexibility index (Phi) is 3.99. The molecule has 0 bridgehead atoms. The van der Waals surface area contributed by atoms with Gasteiger partial charge >= 0.3 is 0 Å². The highest BCUT2D eigenvalue weighted by atomic mass is 16.5. The molecule has 0 saturated carbocycles. The molecule has 0 radical (unpaired) electrons. The molecule has 1 aliphatic heterocycles. The lowest BCUT2D eigenvalue weighted by Crippen LogP contribution is -2.10. The highest BCUT2D eigenvalue weighted by Gasteiger charge is 2.11. The summed E-state index contributed by atoms with van der Waals surface area (Å²) in [5, 5.41) is 7.31. The van der Waals surface area contributed by atoms with Gasteiger partial charge < -0.3 is 19.3 Å². The van der Waals surface area contributed by atoms with Crippen molar-refractivity contribution in [3.63, 3.8) is 0 Å². The number of rotatable bonds is 5. The zero-order chi connectivity index (χ0) is 13.8. The molecule has 0 unspecified atom stereocenters. The second kappa shape index (κ2) is 6.07. The van der Waals surface area contributed by atoms with Crippen LogP contribution in [0.5, 0.6) is 0 Å². The van der Waals surface area contributed by atoms with Crippen molar-refractivity contribution in [3.8, 4) is 0 Å². The molecule has 0 atom stereocenters. The highest BCUT2D eigenvalue weighted by Crippen LogP contribution is 2.21. The van der Waals surface area contributed by atoms with E-state index >= 15 is 0 Å². The molecule has 106 valence electrons. The fourth-order valence-corrected chi connectivity index (χ4v) is 2.36. The molecule has 1 aliphatic rings. The maximum absolute atomic E-state index is 5.48. The summed E-state index contributed by atoms with van der Waals surface area (Å²) in [6, 6.07) is 6.43. The molecule has 1 aromatic heterocycles. The third-order valence-electron chi connectivity index (χ3n) is 3.47. The normalized spacial score (nSPS) is 14.1. The monoisotopic (exact) mass is 274 g/mol. The third-order valence-corrected chi connectivity index (χ3v) is 3.47. The maximum Gasteiger partial charge on any atom is 0.129 e. The fourth-order valence-electron chi connectivity index (χ4n) is 2.36. The average molecular weight is 274 g/mol. The summed E-state index contributed by atoms with van der Waals surface area (Å²) >= 11 is 0. The lowest BCUT2D eigenvalue weighted by Gasteiger charge is -2.17. The van der Waals surface area contributed by atoms with E-state index in [1.54, 1.807) is 13.4 Å². The predicted molar refractivity (Wildman–Crippen MR) is 74.3 cm³/mol. The van der Waals surface area contributed by atoms with E-state index in [-0.39, 0.29) is 0 Å². The Labute approximate surface area is 117 Å². The number of benzene rings is 1. The molecule has 0 fully saturated rings. The van der Waals surface area contributed by atoms with E-state index < -0.39 is 0 Å². The Bertz CT molecular complexity index is 580. The zero-order valence-corrected chi connectivity index (χ0v) is 11.5. The summed E-state index contributed by atoms with van der Waals surface area (Å²) in [5.74, 6) is 0. The van der Waals surface area contributed by atoms with Gasteiger partial charge in [0.25, 0.3) is 0 Å². The van der Waals surface area contributed by atoms with Crippen LogP contribution in [0.3, 0.4) is 0 Å². The van der Waals surface area contributed by atoms with Gasteiger partial charge in [0.05, 0.1) is 19.8 Å². The summed E-state index contributed by atoms with van der Waals surface area (Å²) in [4.78, 5) is 0. The van der Waals surface area contributed by atoms with Crippen LogP contribution in [0, 0.1) is 0 Å². The zero-order valence-electron chi connectivity index (χ0n) is 11.5. The molecular weight excluding hydrogens is 256 g/mol. The first kappa shape index (κ1) is 13.1. The van der Waals surface area contributed by atoms with Gasteiger partial charge in [-0.15, -0.1) is 0 Å². The number of hydrogen-bond donors (Lipinski definition) is 1. The second-order valence-corrected chi connectivity index (χ2v) is 4.86. The van der Waals surface area contributed by atoms with E-state index in [2.05, 4.69) is 28.7 Å². The van der Waals surface area contributed by atoms with Crippen molar-refractivity contribution in [3.05, 3.63) is 46.8 Å². The topological polar surface area (TPSA) is 56.5 Å². The van der Waals surface area contributed by atoms with Gasteiger partial charge in [0.2, 0.25) is 0 Å². The van der Waals surface area contributed by atoms with Gasteiger partial charge in [-0.3, -0.25) is 0 Å². The minimum Gasteiger partial charge on any atom is -0.381 e. The number of fused-ring (bicyclic) bond motifs is 1. The number of ether oxygens (including phenoxy) is 2. The minimum absolute atomic E-state index is 0.464. The van der Waals surface area contributed by atoms with Gasteiger partial charge in [0.15, 0.2) is 0 Å². The quantitative estimate of drug-likeness (QED) is 0.908. The summed E-state index contributed by atoms with van der Waals surface area (Å²) in [6.07, 6.45) is 2.65. The van der Waals surface area contributed by atoms with Gasteiger partial charge in [0, 0.05) is 24.9 Å². The molecule has 20 heavy (non-hydrogen) atoms. The Hall–Kier alpha value is -1.85. The molecule has 1 N–H and O–H groups in total. The van der Waals surface area contributed by atoms with Crippen LogP contribution >= 0.6 is 0 Å². The molecule has 0 spiro atoms. The molecule has 3 rings (SSSR count). The Balaban J connectivity index is 1.67. The van der Waals surface area contributed by atoms with E-state index in [1.165, 1.54) is 11.1 Å².